The lowest BCUT2D eigenvalue weighted by molar-refractivity contribution is -0.384. The van der Waals surface area contributed by atoms with Gasteiger partial charge in [0.15, 0.2) is 17.4 Å². The van der Waals surface area contributed by atoms with Gasteiger partial charge in [0.1, 0.15) is 31.2 Å². The maximum atomic E-state index is 10.9. The van der Waals surface area contributed by atoms with Crippen LogP contribution in [0.4, 0.5) is 11.6 Å². The molecule has 1 aromatic carbocycles. The molecule has 3 heterocycles. The second-order valence-electron chi connectivity index (χ2n) is 9.34. The summed E-state index contributed by atoms with van der Waals surface area (Å²) >= 11 is 0. The number of aliphatic hydroxyl groups excluding tert-OH is 3. The van der Waals surface area contributed by atoms with Gasteiger partial charge in [-0.05, 0) is 30.5 Å². The number of nitrogens with one attached hydrogen (secondary N) is 1. The molecule has 4 N–H and O–H groups in total. The van der Waals surface area contributed by atoms with Crippen LogP contribution in [-0.2, 0) is 16.1 Å². The summed E-state index contributed by atoms with van der Waals surface area (Å²) in [6, 6.07) is 6.18. The molecule has 14 heteroatoms. The molecule has 1 aliphatic heterocycles. The fourth-order valence-electron chi connectivity index (χ4n) is 4.80. The van der Waals surface area contributed by atoms with Crippen LogP contribution in [0.25, 0.3) is 11.2 Å². The number of nitro groups is 1. The third kappa shape index (κ3) is 5.39. The molecule has 2 aromatic heterocycles. The molecule has 3 aromatic rings. The van der Waals surface area contributed by atoms with Gasteiger partial charge in [0.05, 0.1) is 24.7 Å². The summed E-state index contributed by atoms with van der Waals surface area (Å²) < 4.78 is 18.9. The summed E-state index contributed by atoms with van der Waals surface area (Å²) in [7, 11) is 0. The minimum atomic E-state index is -1.29. The molecule has 0 amide bonds. The van der Waals surface area contributed by atoms with E-state index >= 15 is 0 Å². The first-order chi connectivity index (χ1) is 18.5. The van der Waals surface area contributed by atoms with E-state index in [2.05, 4.69) is 15.3 Å². The Bertz CT molecular complexity index is 1250. The number of rotatable bonds is 11. The molecule has 38 heavy (non-hydrogen) atoms. The van der Waals surface area contributed by atoms with E-state index in [1.54, 1.807) is 16.7 Å². The van der Waals surface area contributed by atoms with Gasteiger partial charge >= 0.3 is 0 Å². The number of nitrogens with zero attached hydrogens (tertiary/aromatic N) is 5. The lowest BCUT2D eigenvalue weighted by Crippen LogP contribution is -2.34. The van der Waals surface area contributed by atoms with E-state index in [4.69, 9.17) is 24.3 Å². The minimum Gasteiger partial charge on any atom is -0.471 e. The van der Waals surface area contributed by atoms with Gasteiger partial charge in [0.2, 0.25) is 11.8 Å². The van der Waals surface area contributed by atoms with E-state index in [9.17, 15) is 20.3 Å². The maximum absolute atomic E-state index is 10.9. The molecule has 4 atom stereocenters. The van der Waals surface area contributed by atoms with Crippen molar-refractivity contribution in [3.63, 3.8) is 0 Å². The van der Waals surface area contributed by atoms with Crippen LogP contribution in [0.15, 0.2) is 30.6 Å². The van der Waals surface area contributed by atoms with Crippen molar-refractivity contribution in [3.05, 3.63) is 46.3 Å². The van der Waals surface area contributed by atoms with E-state index in [1.165, 1.54) is 18.5 Å². The lowest BCUT2D eigenvalue weighted by Gasteiger charge is -2.21. The topological polar surface area (TPSA) is 187 Å². The molecule has 2 aliphatic rings. The largest absolute Gasteiger partial charge is 0.471 e. The number of ether oxygens (including phenoxy) is 3. The minimum absolute atomic E-state index is 0.00805. The number of aromatic nitrogens is 4. The normalized spacial score (nSPS) is 23.8. The highest BCUT2D eigenvalue weighted by molar-refractivity contribution is 5.79. The molecule has 0 radical (unpaired) electrons. The number of benzene rings is 1. The van der Waals surface area contributed by atoms with Gasteiger partial charge in [-0.15, -0.1) is 0 Å². The fraction of sp³-hybridized carbons (Fsp3) is 0.542. The van der Waals surface area contributed by atoms with Crippen molar-refractivity contribution in [2.45, 2.75) is 62.9 Å². The number of aliphatic hydroxyl groups is 3. The van der Waals surface area contributed by atoms with Crippen LogP contribution in [0, 0.1) is 10.1 Å². The molecule has 204 valence electrons. The van der Waals surface area contributed by atoms with Crippen molar-refractivity contribution in [1.82, 2.24) is 19.5 Å². The summed E-state index contributed by atoms with van der Waals surface area (Å²) in [5.74, 6) is 0.596. The summed E-state index contributed by atoms with van der Waals surface area (Å²) in [6.07, 6.45) is 1.06. The Balaban J connectivity index is 1.44. The SMILES string of the molecule is O=[N+]([O-])c1ccc(COc2ncnc3c2nc(NC2CCCC2)n3[C@@H]2O[C@H](COCCO)[C@@H](O)[C@H]2O)cc1. The zero-order valence-electron chi connectivity index (χ0n) is 20.5. The van der Waals surface area contributed by atoms with Gasteiger partial charge in [-0.1, -0.05) is 12.8 Å². The third-order valence-electron chi connectivity index (χ3n) is 6.76. The summed E-state index contributed by atoms with van der Waals surface area (Å²) in [5, 5.41) is 44.8. The van der Waals surface area contributed by atoms with E-state index in [0.717, 1.165) is 25.7 Å². The van der Waals surface area contributed by atoms with Crippen LogP contribution in [0.5, 0.6) is 5.88 Å². The van der Waals surface area contributed by atoms with Crippen molar-refractivity contribution in [2.24, 2.45) is 0 Å². The van der Waals surface area contributed by atoms with E-state index in [0.29, 0.717) is 22.7 Å². The van der Waals surface area contributed by atoms with Crippen LogP contribution in [0.2, 0.25) is 0 Å². The fourth-order valence-corrected chi connectivity index (χ4v) is 4.80. The van der Waals surface area contributed by atoms with Crippen molar-refractivity contribution in [2.75, 3.05) is 25.1 Å². The second-order valence-corrected chi connectivity index (χ2v) is 9.34. The Labute approximate surface area is 217 Å². The molecule has 5 rings (SSSR count). The first kappa shape index (κ1) is 26.2. The smallest absolute Gasteiger partial charge is 0.269 e. The van der Waals surface area contributed by atoms with E-state index < -0.39 is 29.5 Å². The van der Waals surface area contributed by atoms with E-state index in [-0.39, 0.29) is 44.0 Å². The van der Waals surface area contributed by atoms with Crippen molar-refractivity contribution in [3.8, 4) is 5.88 Å². The van der Waals surface area contributed by atoms with Crippen LogP contribution in [0.3, 0.4) is 0 Å². The van der Waals surface area contributed by atoms with Crippen LogP contribution in [0.1, 0.15) is 37.5 Å². The van der Waals surface area contributed by atoms with Gasteiger partial charge in [-0.2, -0.15) is 4.98 Å². The van der Waals surface area contributed by atoms with Crippen LogP contribution < -0.4 is 10.1 Å². The van der Waals surface area contributed by atoms with Crippen LogP contribution in [-0.4, -0.2) is 83.9 Å². The molecule has 1 saturated heterocycles. The average Bonchev–Trinajstić information content (AvgIpc) is 3.63. The summed E-state index contributed by atoms with van der Waals surface area (Å²) in [4.78, 5) is 23.8. The standard InChI is InChI=1S/C24H30N6O8/c31-9-10-36-12-17-19(32)20(33)23(38-17)29-21-18(28-24(29)27-15-3-1-2-4-15)22(26-13-25-21)37-11-14-5-7-16(8-6-14)30(34)35/h5-8,13,15,17,19-20,23,31-33H,1-4,9-12H2,(H,27,28)/t17-,19-,20-,23-/m1/s1. The monoisotopic (exact) mass is 530 g/mol. The number of nitro benzene ring substituents is 1. The number of hydrogen-bond donors (Lipinski definition) is 4. The Hall–Kier alpha value is -3.43. The summed E-state index contributed by atoms with van der Waals surface area (Å²) in [5.41, 5.74) is 1.36. The highest BCUT2D eigenvalue weighted by atomic mass is 16.6. The van der Waals surface area contributed by atoms with Gasteiger partial charge in [-0.3, -0.25) is 14.7 Å². The number of fused-ring (bicyclic) bond motifs is 1. The second kappa shape index (κ2) is 11.5. The number of hydrogen-bond acceptors (Lipinski definition) is 12. The Morgan fingerprint density at radius 1 is 1.16 bits per heavy atom. The van der Waals surface area contributed by atoms with Gasteiger partial charge in [-0.25, -0.2) is 9.97 Å². The van der Waals surface area contributed by atoms with Gasteiger partial charge < -0.3 is 34.8 Å². The molecule has 0 unspecified atom stereocenters. The third-order valence-corrected chi connectivity index (χ3v) is 6.76. The Morgan fingerprint density at radius 3 is 2.63 bits per heavy atom. The first-order valence-electron chi connectivity index (χ1n) is 12.5. The molecule has 14 nitrogen and oxygen atoms in total. The molecule has 2 fully saturated rings. The molecule has 1 saturated carbocycles. The molecule has 0 bridgehead atoms. The highest BCUT2D eigenvalue weighted by Crippen LogP contribution is 2.37. The first-order valence-corrected chi connectivity index (χ1v) is 12.5. The highest BCUT2D eigenvalue weighted by Gasteiger charge is 2.45. The summed E-state index contributed by atoms with van der Waals surface area (Å²) in [6.45, 7) is -0.00568. The van der Waals surface area contributed by atoms with E-state index in [1.807, 2.05) is 0 Å². The number of imidazole rings is 1. The predicted octanol–water partition coefficient (Wildman–Crippen LogP) is 1.30. The Kier molecular flexibility index (Phi) is 7.95. The zero-order valence-corrected chi connectivity index (χ0v) is 20.5. The zero-order chi connectivity index (χ0) is 26.6. The molecule has 0 spiro atoms. The molecular weight excluding hydrogens is 500 g/mol. The predicted molar refractivity (Wildman–Crippen MR) is 132 cm³/mol. The average molecular weight is 531 g/mol. The molecule has 1 aliphatic carbocycles. The van der Waals surface area contributed by atoms with Crippen LogP contribution >= 0.6 is 0 Å². The van der Waals surface area contributed by atoms with Crippen molar-refractivity contribution < 1.29 is 34.5 Å². The number of anilines is 1. The van der Waals surface area contributed by atoms with Gasteiger partial charge in [0.25, 0.3) is 5.69 Å². The lowest BCUT2D eigenvalue weighted by atomic mass is 10.1. The Morgan fingerprint density at radius 2 is 1.92 bits per heavy atom. The van der Waals surface area contributed by atoms with Gasteiger partial charge in [0, 0.05) is 18.2 Å². The maximum Gasteiger partial charge on any atom is 0.269 e. The van der Waals surface area contributed by atoms with Crippen molar-refractivity contribution in [1.29, 1.82) is 0 Å². The quantitative estimate of drug-likeness (QED) is 0.158. The van der Waals surface area contributed by atoms with Crippen molar-refractivity contribution >= 4 is 22.8 Å². The number of non-ortho nitro benzene ring substituents is 1. The molecular formula is C24H30N6O8.